The molecule has 0 radical (unpaired) electrons. The molecule has 2 rings (SSSR count). The number of hydrogen-bond acceptors (Lipinski definition) is 5. The molecule has 0 saturated heterocycles. The van der Waals surface area contributed by atoms with E-state index in [0.29, 0.717) is 5.11 Å². The van der Waals surface area contributed by atoms with Crippen LogP contribution >= 0.6 is 12.2 Å². The van der Waals surface area contributed by atoms with Crippen molar-refractivity contribution in [3.05, 3.63) is 60.2 Å². The molecule has 0 amide bonds. The quantitative estimate of drug-likeness (QED) is 0.514. The number of aromatic nitrogens is 2. The average molecular weight is 312 g/mol. The molecular weight excluding hydrogens is 296 g/mol. The first-order valence-electron chi connectivity index (χ1n) is 6.64. The molecule has 0 unspecified atom stereocenters. The molecule has 0 bridgehead atoms. The van der Waals surface area contributed by atoms with Crippen LogP contribution in [0.15, 0.2) is 59.0 Å². The number of hydrazone groups is 2. The lowest BCUT2D eigenvalue weighted by Crippen LogP contribution is -2.29. The molecule has 6 nitrogen and oxygen atoms in total. The molecule has 0 aliphatic heterocycles. The summed E-state index contributed by atoms with van der Waals surface area (Å²) in [6, 6.07) is 11.3. The predicted molar refractivity (Wildman–Crippen MR) is 91.8 cm³/mol. The van der Waals surface area contributed by atoms with Gasteiger partial charge in [0.2, 0.25) is 5.11 Å². The minimum atomic E-state index is 0.297. The van der Waals surface area contributed by atoms with Gasteiger partial charge in [0, 0.05) is 12.4 Å². The second kappa shape index (κ2) is 7.94. The summed E-state index contributed by atoms with van der Waals surface area (Å²) in [6.07, 6.45) is 3.43. The fraction of sp³-hybridized carbons (Fsp3) is 0.133. The molecule has 2 aromatic heterocycles. The molecule has 7 heteroatoms. The standard InChI is InChI=1S/C15H16N6S/c1-11(13-7-3-5-9-16-13)18-20-15(22)21-19-12(2)14-8-4-6-10-17-14/h3-10H,1-2H3,(H2,20,21,22)/b18-11-,19-12-. The maximum Gasteiger partial charge on any atom is 0.207 e. The molecule has 0 fully saturated rings. The van der Waals surface area contributed by atoms with Crippen molar-refractivity contribution in [2.24, 2.45) is 10.2 Å². The summed E-state index contributed by atoms with van der Waals surface area (Å²) in [7, 11) is 0. The van der Waals surface area contributed by atoms with Gasteiger partial charge in [0.25, 0.3) is 0 Å². The topological polar surface area (TPSA) is 74.6 Å². The van der Waals surface area contributed by atoms with E-state index in [1.165, 1.54) is 0 Å². The minimum absolute atomic E-state index is 0.297. The third-order valence-electron chi connectivity index (χ3n) is 2.72. The molecule has 0 spiro atoms. The first-order valence-corrected chi connectivity index (χ1v) is 7.05. The summed E-state index contributed by atoms with van der Waals surface area (Å²) in [5.74, 6) is 0. The van der Waals surface area contributed by atoms with Crippen molar-refractivity contribution in [3.8, 4) is 0 Å². The molecule has 0 aliphatic carbocycles. The Bertz CT molecular complexity index is 622. The van der Waals surface area contributed by atoms with Gasteiger partial charge in [0.15, 0.2) is 0 Å². The second-order valence-corrected chi connectivity index (χ2v) is 4.79. The van der Waals surface area contributed by atoms with Crippen LogP contribution < -0.4 is 10.9 Å². The Morgan fingerprint density at radius 3 is 1.68 bits per heavy atom. The zero-order valence-corrected chi connectivity index (χ0v) is 13.1. The lowest BCUT2D eigenvalue weighted by atomic mass is 10.3. The van der Waals surface area contributed by atoms with E-state index in [-0.39, 0.29) is 0 Å². The monoisotopic (exact) mass is 312 g/mol. The SMILES string of the molecule is C/C(=N/NC(=S)N/N=C(/C)c1ccccn1)c1ccccn1. The normalized spacial score (nSPS) is 11.9. The molecule has 112 valence electrons. The molecule has 2 N–H and O–H groups in total. The van der Waals surface area contributed by atoms with Gasteiger partial charge in [0.1, 0.15) is 0 Å². The third-order valence-corrected chi connectivity index (χ3v) is 2.90. The maximum absolute atomic E-state index is 5.11. The van der Waals surface area contributed by atoms with Crippen molar-refractivity contribution in [3.63, 3.8) is 0 Å². The first-order chi connectivity index (χ1) is 10.7. The van der Waals surface area contributed by atoms with E-state index < -0.39 is 0 Å². The van der Waals surface area contributed by atoms with Gasteiger partial charge < -0.3 is 0 Å². The van der Waals surface area contributed by atoms with Gasteiger partial charge in [0.05, 0.1) is 22.8 Å². The van der Waals surface area contributed by atoms with Gasteiger partial charge in [-0.25, -0.2) is 0 Å². The minimum Gasteiger partial charge on any atom is -0.255 e. The van der Waals surface area contributed by atoms with Crippen molar-refractivity contribution < 1.29 is 0 Å². The summed E-state index contributed by atoms with van der Waals surface area (Å²) in [5, 5.41) is 8.62. The third kappa shape index (κ3) is 4.71. The van der Waals surface area contributed by atoms with Crippen molar-refractivity contribution in [1.29, 1.82) is 0 Å². The molecule has 2 heterocycles. The number of nitrogens with one attached hydrogen (secondary N) is 2. The highest BCUT2D eigenvalue weighted by molar-refractivity contribution is 7.80. The maximum atomic E-state index is 5.11. The number of nitrogens with zero attached hydrogens (tertiary/aromatic N) is 4. The summed E-state index contributed by atoms with van der Waals surface area (Å²) < 4.78 is 0. The van der Waals surface area contributed by atoms with Crippen LogP contribution in [0.5, 0.6) is 0 Å². The van der Waals surface area contributed by atoms with Crippen LogP contribution in [0.3, 0.4) is 0 Å². The van der Waals surface area contributed by atoms with Crippen molar-refractivity contribution in [1.82, 2.24) is 20.8 Å². The van der Waals surface area contributed by atoms with Gasteiger partial charge in [-0.15, -0.1) is 0 Å². The molecule has 0 aliphatic rings. The highest BCUT2D eigenvalue weighted by Gasteiger charge is 2.00. The molecule has 0 atom stereocenters. The summed E-state index contributed by atoms with van der Waals surface area (Å²) in [5.41, 5.74) is 8.49. The van der Waals surface area contributed by atoms with E-state index in [4.69, 9.17) is 12.2 Å². The lowest BCUT2D eigenvalue weighted by molar-refractivity contribution is 0.922. The van der Waals surface area contributed by atoms with Crippen LogP contribution in [0, 0.1) is 0 Å². The Morgan fingerprint density at radius 1 is 0.864 bits per heavy atom. The van der Waals surface area contributed by atoms with Gasteiger partial charge in [-0.05, 0) is 50.3 Å². The Labute approximate surface area is 134 Å². The average Bonchev–Trinajstić information content (AvgIpc) is 2.59. The van der Waals surface area contributed by atoms with Crippen LogP contribution in [-0.2, 0) is 0 Å². The van der Waals surface area contributed by atoms with Gasteiger partial charge in [-0.2, -0.15) is 10.2 Å². The predicted octanol–water partition coefficient (Wildman–Crippen LogP) is 2.09. The van der Waals surface area contributed by atoms with Gasteiger partial charge in [-0.1, -0.05) is 12.1 Å². The fourth-order valence-electron chi connectivity index (χ4n) is 1.56. The summed E-state index contributed by atoms with van der Waals surface area (Å²) in [4.78, 5) is 8.40. The summed E-state index contributed by atoms with van der Waals surface area (Å²) >= 11 is 5.11. The van der Waals surface area contributed by atoms with E-state index in [9.17, 15) is 0 Å². The van der Waals surface area contributed by atoms with Crippen molar-refractivity contribution in [2.75, 3.05) is 0 Å². The Kier molecular flexibility index (Phi) is 5.67. The van der Waals surface area contributed by atoms with Crippen molar-refractivity contribution >= 4 is 28.8 Å². The number of thiocarbonyl (C=S) groups is 1. The second-order valence-electron chi connectivity index (χ2n) is 4.38. The van der Waals surface area contributed by atoms with Crippen molar-refractivity contribution in [2.45, 2.75) is 13.8 Å². The Morgan fingerprint density at radius 2 is 1.32 bits per heavy atom. The van der Waals surface area contributed by atoms with Gasteiger partial charge in [-0.3, -0.25) is 20.8 Å². The van der Waals surface area contributed by atoms with Crippen LogP contribution in [0.25, 0.3) is 0 Å². The van der Waals surface area contributed by atoms with E-state index in [2.05, 4.69) is 31.0 Å². The van der Waals surface area contributed by atoms with Crippen LogP contribution in [0.4, 0.5) is 0 Å². The lowest BCUT2D eigenvalue weighted by Gasteiger charge is -2.05. The first kappa shape index (κ1) is 15.7. The zero-order valence-electron chi connectivity index (χ0n) is 12.3. The van der Waals surface area contributed by atoms with Crippen LogP contribution in [0.2, 0.25) is 0 Å². The smallest absolute Gasteiger partial charge is 0.207 e. The largest absolute Gasteiger partial charge is 0.255 e. The molecule has 2 aromatic rings. The van der Waals surface area contributed by atoms with Crippen LogP contribution in [0.1, 0.15) is 25.2 Å². The molecule has 0 saturated carbocycles. The zero-order chi connectivity index (χ0) is 15.8. The fourth-order valence-corrected chi connectivity index (χ4v) is 1.65. The summed E-state index contributed by atoms with van der Waals surface area (Å²) in [6.45, 7) is 3.70. The van der Waals surface area contributed by atoms with E-state index >= 15 is 0 Å². The highest BCUT2D eigenvalue weighted by atomic mass is 32.1. The highest BCUT2D eigenvalue weighted by Crippen LogP contribution is 1.96. The van der Waals surface area contributed by atoms with Crippen LogP contribution in [-0.4, -0.2) is 26.5 Å². The molecule has 22 heavy (non-hydrogen) atoms. The van der Waals surface area contributed by atoms with E-state index in [1.54, 1.807) is 12.4 Å². The number of pyridine rings is 2. The number of rotatable bonds is 4. The Hall–Kier alpha value is -2.67. The molecular formula is C15H16N6S. The number of hydrogen-bond donors (Lipinski definition) is 2. The van der Waals surface area contributed by atoms with Gasteiger partial charge >= 0.3 is 0 Å². The van der Waals surface area contributed by atoms with E-state index in [0.717, 1.165) is 22.8 Å². The Balaban J connectivity index is 1.91. The molecule has 0 aromatic carbocycles. The van der Waals surface area contributed by atoms with E-state index in [1.807, 2.05) is 50.2 Å².